The van der Waals surface area contributed by atoms with Gasteiger partial charge in [0.2, 0.25) is 0 Å². The zero-order chi connectivity index (χ0) is 20.0. The fourth-order valence-corrected chi connectivity index (χ4v) is 4.79. The Bertz CT molecular complexity index is 928. The molecule has 1 aliphatic carbocycles. The maximum absolute atomic E-state index is 12.8. The first-order chi connectivity index (χ1) is 13.4. The topological polar surface area (TPSA) is 147 Å². The Labute approximate surface area is 171 Å². The van der Waals surface area contributed by atoms with Crippen LogP contribution in [0.1, 0.15) is 18.5 Å². The Hall–Kier alpha value is -2.31. The molecule has 1 saturated carbocycles. The lowest BCUT2D eigenvalue weighted by Gasteiger charge is -2.48. The lowest BCUT2D eigenvalue weighted by Crippen LogP contribution is -2.71. The summed E-state index contributed by atoms with van der Waals surface area (Å²) in [6, 6.07) is -0.904. The van der Waals surface area contributed by atoms with Crippen LogP contribution in [0.15, 0.2) is 21.3 Å². The van der Waals surface area contributed by atoms with Crippen molar-refractivity contribution in [2.75, 3.05) is 11.5 Å². The number of carboxylic acids is 1. The van der Waals surface area contributed by atoms with E-state index in [0.717, 1.165) is 29.1 Å². The largest absolute Gasteiger partial charge is 0.477 e. The number of anilines is 1. The minimum atomic E-state index is -1.29. The van der Waals surface area contributed by atoms with Crippen molar-refractivity contribution in [3.63, 3.8) is 0 Å². The molecule has 0 radical (unpaired) electrons. The number of nitrogens with two attached hydrogens (primary N) is 1. The van der Waals surface area contributed by atoms with Gasteiger partial charge in [-0.1, -0.05) is 16.8 Å². The number of fused-ring (bicyclic) bond motifs is 1. The van der Waals surface area contributed by atoms with Crippen LogP contribution in [0.5, 0.6) is 0 Å². The van der Waals surface area contributed by atoms with Crippen molar-refractivity contribution in [1.29, 1.82) is 0 Å². The number of amides is 2. The van der Waals surface area contributed by atoms with Gasteiger partial charge in [-0.05, 0) is 12.8 Å². The average molecular weight is 444 g/mol. The number of nitrogens with zero attached hydrogens (tertiary/aromatic N) is 3. The highest BCUT2D eigenvalue weighted by molar-refractivity contribution is 8.00. The Balaban J connectivity index is 1.52. The molecular formula is C15H14ClN5O5S2. The lowest BCUT2D eigenvalue weighted by atomic mass is 10.0. The normalized spacial score (nSPS) is 24.5. The van der Waals surface area contributed by atoms with Crippen LogP contribution in [0, 0.1) is 0 Å². The summed E-state index contributed by atoms with van der Waals surface area (Å²) >= 11 is 8.36. The quantitative estimate of drug-likeness (QED) is 0.328. The van der Waals surface area contributed by atoms with E-state index in [1.807, 2.05) is 0 Å². The van der Waals surface area contributed by atoms with E-state index in [4.69, 9.17) is 22.2 Å². The molecule has 3 aliphatic rings. The highest BCUT2D eigenvalue weighted by Crippen LogP contribution is 2.41. The molecule has 2 fully saturated rings. The highest BCUT2D eigenvalue weighted by Gasteiger charge is 2.54. The number of aromatic nitrogens is 1. The van der Waals surface area contributed by atoms with Crippen LogP contribution in [-0.2, 0) is 19.2 Å². The van der Waals surface area contributed by atoms with Gasteiger partial charge >= 0.3 is 5.97 Å². The fraction of sp³-hybridized carbons (Fsp3) is 0.400. The summed E-state index contributed by atoms with van der Waals surface area (Å²) < 4.78 is 0. The monoisotopic (exact) mass is 443 g/mol. The van der Waals surface area contributed by atoms with Crippen LogP contribution in [-0.4, -0.2) is 61.8 Å². The van der Waals surface area contributed by atoms with Crippen LogP contribution in [0.3, 0.4) is 0 Å². The van der Waals surface area contributed by atoms with Crippen molar-refractivity contribution in [3.8, 4) is 0 Å². The molecule has 3 heterocycles. The number of carbonyl (C=O) groups excluding carboxylic acids is 2. The second-order valence-electron chi connectivity index (χ2n) is 6.24. The summed E-state index contributed by atoms with van der Waals surface area (Å²) in [4.78, 5) is 47.0. The Kier molecular flexibility index (Phi) is 4.93. The maximum Gasteiger partial charge on any atom is 0.353 e. The summed E-state index contributed by atoms with van der Waals surface area (Å²) in [7, 11) is 0. The van der Waals surface area contributed by atoms with Gasteiger partial charge in [-0.25, -0.2) is 9.78 Å². The lowest BCUT2D eigenvalue weighted by molar-refractivity contribution is -0.150. The van der Waals surface area contributed by atoms with Gasteiger partial charge in [-0.15, -0.1) is 23.1 Å². The van der Waals surface area contributed by atoms with Gasteiger partial charge in [0.05, 0.1) is 5.03 Å². The zero-order valence-corrected chi connectivity index (χ0v) is 16.5. The van der Waals surface area contributed by atoms with Crippen LogP contribution in [0.4, 0.5) is 5.13 Å². The SMILES string of the molecule is Nc1nc(C(=NOC2CC2)C(=O)N[C@@H]2C(=O)N3C(C(=O)O)=C(Cl)CS[C@@H]23)cs1. The smallest absolute Gasteiger partial charge is 0.353 e. The molecule has 28 heavy (non-hydrogen) atoms. The number of thiazole rings is 1. The second-order valence-corrected chi connectivity index (χ2v) is 8.69. The van der Waals surface area contributed by atoms with Gasteiger partial charge < -0.3 is 21.0 Å². The number of oxime groups is 1. The van der Waals surface area contributed by atoms with Crippen molar-refractivity contribution < 1.29 is 24.3 Å². The summed E-state index contributed by atoms with van der Waals surface area (Å²) in [5.41, 5.74) is 5.54. The minimum Gasteiger partial charge on any atom is -0.477 e. The summed E-state index contributed by atoms with van der Waals surface area (Å²) in [5.74, 6) is -2.26. The first-order valence-corrected chi connectivity index (χ1v) is 10.5. The molecule has 2 atom stereocenters. The minimum absolute atomic E-state index is 0.0288. The molecule has 13 heteroatoms. The molecule has 0 spiro atoms. The Morgan fingerprint density at radius 2 is 2.21 bits per heavy atom. The van der Waals surface area contributed by atoms with E-state index in [-0.39, 0.29) is 39.1 Å². The molecule has 4 N–H and O–H groups in total. The first-order valence-electron chi connectivity index (χ1n) is 8.19. The standard InChI is InChI=1S/C15H14ClN5O5S2/c16-6-3-27-13-9(12(23)21(13)10(6)14(24)25)19-11(22)8(20-26-5-1-2-5)7-4-28-15(17)18-7/h4-5,9,13H,1-3H2,(H2,17,18)(H,19,22)(H,24,25)/t9-,13+/m1/s1. The van der Waals surface area contributed by atoms with Gasteiger partial charge in [-0.2, -0.15) is 0 Å². The average Bonchev–Trinajstić information content (AvgIpc) is 3.38. The van der Waals surface area contributed by atoms with Gasteiger partial charge in [0.1, 0.15) is 28.9 Å². The molecule has 10 nitrogen and oxygen atoms in total. The van der Waals surface area contributed by atoms with Gasteiger partial charge in [0.15, 0.2) is 10.8 Å². The van der Waals surface area contributed by atoms with Crippen molar-refractivity contribution in [3.05, 3.63) is 21.8 Å². The molecule has 2 amide bonds. The van der Waals surface area contributed by atoms with Crippen LogP contribution >= 0.6 is 34.7 Å². The molecular weight excluding hydrogens is 430 g/mol. The Morgan fingerprint density at radius 3 is 2.82 bits per heavy atom. The predicted octanol–water partition coefficient (Wildman–Crippen LogP) is 0.543. The fourth-order valence-electron chi connectivity index (χ4n) is 2.69. The van der Waals surface area contributed by atoms with Crippen molar-refractivity contribution in [1.82, 2.24) is 15.2 Å². The van der Waals surface area contributed by atoms with Gasteiger partial charge in [-0.3, -0.25) is 14.5 Å². The highest BCUT2D eigenvalue weighted by atomic mass is 35.5. The van der Waals surface area contributed by atoms with Crippen LogP contribution < -0.4 is 11.1 Å². The molecule has 148 valence electrons. The van der Waals surface area contributed by atoms with Gasteiger partial charge in [0, 0.05) is 11.1 Å². The number of nitrogen functional groups attached to an aromatic ring is 1. The van der Waals surface area contributed by atoms with Crippen LogP contribution in [0.2, 0.25) is 0 Å². The van der Waals surface area contributed by atoms with E-state index in [1.165, 1.54) is 11.8 Å². The number of halogens is 1. The molecule has 1 aromatic heterocycles. The van der Waals surface area contributed by atoms with E-state index in [0.29, 0.717) is 0 Å². The van der Waals surface area contributed by atoms with E-state index in [1.54, 1.807) is 5.38 Å². The van der Waals surface area contributed by atoms with Gasteiger partial charge in [0.25, 0.3) is 11.8 Å². The summed E-state index contributed by atoms with van der Waals surface area (Å²) in [5, 5.41) is 17.2. The van der Waals surface area contributed by atoms with E-state index in [2.05, 4.69) is 15.5 Å². The molecule has 0 bridgehead atoms. The molecule has 1 aromatic rings. The van der Waals surface area contributed by atoms with E-state index in [9.17, 15) is 19.5 Å². The zero-order valence-electron chi connectivity index (χ0n) is 14.1. The summed E-state index contributed by atoms with van der Waals surface area (Å²) in [6.07, 6.45) is 1.69. The third-order valence-corrected chi connectivity index (χ3v) is 6.63. The van der Waals surface area contributed by atoms with Crippen LogP contribution in [0.25, 0.3) is 0 Å². The molecule has 0 aromatic carbocycles. The van der Waals surface area contributed by atoms with Crippen molar-refractivity contribution in [2.45, 2.75) is 30.4 Å². The number of hydrogen-bond donors (Lipinski definition) is 3. The number of aliphatic carboxylic acids is 1. The number of β-lactam (4-membered cyclic amide) rings is 1. The maximum atomic E-state index is 12.8. The third kappa shape index (κ3) is 3.42. The first kappa shape index (κ1) is 19.0. The molecule has 0 unspecified atom stereocenters. The number of carbonyl (C=O) groups is 3. The molecule has 4 rings (SSSR count). The third-order valence-electron chi connectivity index (χ3n) is 4.21. The van der Waals surface area contributed by atoms with Crippen molar-refractivity contribution >= 4 is 63.3 Å². The van der Waals surface area contributed by atoms with E-state index >= 15 is 0 Å². The molecule has 2 aliphatic heterocycles. The summed E-state index contributed by atoms with van der Waals surface area (Å²) in [6.45, 7) is 0. The Morgan fingerprint density at radius 1 is 1.46 bits per heavy atom. The number of carboxylic acid groups (broad SMARTS) is 1. The number of hydrogen-bond acceptors (Lipinski definition) is 9. The van der Waals surface area contributed by atoms with Crippen molar-refractivity contribution in [2.24, 2.45) is 5.16 Å². The number of rotatable bonds is 6. The number of nitrogens with one attached hydrogen (secondary N) is 1. The van der Waals surface area contributed by atoms with E-state index < -0.39 is 29.2 Å². The second kappa shape index (κ2) is 7.26. The predicted molar refractivity (Wildman–Crippen MR) is 103 cm³/mol. The molecule has 1 saturated heterocycles. The number of thioether (sulfide) groups is 1.